The number of aromatic nitrogens is 3. The molecule has 1 unspecified atom stereocenters. The summed E-state index contributed by atoms with van der Waals surface area (Å²) in [5, 5.41) is 18.4. The van der Waals surface area contributed by atoms with E-state index in [1.54, 1.807) is 10.9 Å². The minimum atomic E-state index is -0.732. The molecular formula is C13H19N3O2. The minimum absolute atomic E-state index is 0.712. The summed E-state index contributed by atoms with van der Waals surface area (Å²) in [7, 11) is 0. The van der Waals surface area contributed by atoms with E-state index in [9.17, 15) is 5.11 Å². The van der Waals surface area contributed by atoms with Crippen molar-refractivity contribution in [3.8, 4) is 0 Å². The second kappa shape index (κ2) is 4.94. The van der Waals surface area contributed by atoms with Crippen molar-refractivity contribution in [3.05, 3.63) is 34.5 Å². The number of aryl methyl sites for hydroxylation is 3. The van der Waals surface area contributed by atoms with E-state index in [0.29, 0.717) is 5.69 Å². The number of nitrogens with zero attached hydrogens (tertiary/aromatic N) is 3. The highest BCUT2D eigenvalue weighted by molar-refractivity contribution is 5.36. The molecule has 0 spiro atoms. The van der Waals surface area contributed by atoms with Crippen LogP contribution in [-0.4, -0.2) is 20.1 Å². The second-order valence-corrected chi connectivity index (χ2v) is 4.54. The molecule has 2 rings (SSSR count). The Balaban J connectivity index is 2.41. The van der Waals surface area contributed by atoms with Crippen molar-refractivity contribution in [1.82, 2.24) is 15.0 Å². The van der Waals surface area contributed by atoms with Gasteiger partial charge >= 0.3 is 0 Å². The molecule has 0 aliphatic heterocycles. The highest BCUT2D eigenvalue weighted by Crippen LogP contribution is 2.30. The molecule has 5 nitrogen and oxygen atoms in total. The summed E-state index contributed by atoms with van der Waals surface area (Å²) in [6.45, 7) is 8.54. The Morgan fingerprint density at radius 1 is 1.33 bits per heavy atom. The van der Waals surface area contributed by atoms with Crippen LogP contribution in [-0.2, 0) is 6.54 Å². The lowest BCUT2D eigenvalue weighted by molar-refractivity contribution is 0.204. The normalized spacial score (nSPS) is 12.9. The molecule has 0 amide bonds. The number of hydrogen-bond acceptors (Lipinski definition) is 4. The lowest BCUT2D eigenvalue weighted by atomic mass is 10.0. The Labute approximate surface area is 106 Å². The third-order valence-electron chi connectivity index (χ3n) is 3.25. The third-order valence-corrected chi connectivity index (χ3v) is 3.25. The van der Waals surface area contributed by atoms with E-state index >= 15 is 0 Å². The van der Waals surface area contributed by atoms with E-state index < -0.39 is 6.10 Å². The quantitative estimate of drug-likeness (QED) is 0.903. The molecule has 18 heavy (non-hydrogen) atoms. The average Bonchev–Trinajstić information content (AvgIpc) is 2.86. The summed E-state index contributed by atoms with van der Waals surface area (Å²) >= 11 is 0. The highest BCUT2D eigenvalue weighted by atomic mass is 16.3. The van der Waals surface area contributed by atoms with Crippen LogP contribution >= 0.6 is 0 Å². The first kappa shape index (κ1) is 12.8. The van der Waals surface area contributed by atoms with Crippen molar-refractivity contribution in [3.63, 3.8) is 0 Å². The molecule has 0 saturated heterocycles. The second-order valence-electron chi connectivity index (χ2n) is 4.54. The maximum Gasteiger partial charge on any atom is 0.126 e. The fourth-order valence-electron chi connectivity index (χ4n) is 2.22. The van der Waals surface area contributed by atoms with Crippen molar-refractivity contribution in [2.75, 3.05) is 0 Å². The van der Waals surface area contributed by atoms with Gasteiger partial charge in [-0.1, -0.05) is 12.1 Å². The van der Waals surface area contributed by atoms with Crippen LogP contribution < -0.4 is 0 Å². The molecule has 0 radical (unpaired) electrons. The number of furan rings is 1. The molecule has 1 N–H and O–H groups in total. The Bertz CT molecular complexity index is 542. The van der Waals surface area contributed by atoms with E-state index in [-0.39, 0.29) is 0 Å². The first-order valence-corrected chi connectivity index (χ1v) is 6.19. The van der Waals surface area contributed by atoms with Crippen LogP contribution in [0.5, 0.6) is 0 Å². The smallest absolute Gasteiger partial charge is 0.126 e. The van der Waals surface area contributed by atoms with E-state index in [1.807, 2.05) is 20.8 Å². The van der Waals surface area contributed by atoms with Crippen LogP contribution in [0.2, 0.25) is 0 Å². The molecule has 0 aliphatic carbocycles. The first-order chi connectivity index (χ1) is 8.56. The van der Waals surface area contributed by atoms with Crippen molar-refractivity contribution in [1.29, 1.82) is 0 Å². The monoisotopic (exact) mass is 249 g/mol. The van der Waals surface area contributed by atoms with Crippen LogP contribution in [0.1, 0.15) is 47.8 Å². The van der Waals surface area contributed by atoms with Crippen molar-refractivity contribution in [2.24, 2.45) is 0 Å². The number of hydrogen-bond donors (Lipinski definition) is 1. The van der Waals surface area contributed by atoms with Crippen LogP contribution in [0.25, 0.3) is 0 Å². The first-order valence-electron chi connectivity index (χ1n) is 6.19. The highest BCUT2D eigenvalue weighted by Gasteiger charge is 2.23. The maximum absolute atomic E-state index is 10.5. The van der Waals surface area contributed by atoms with E-state index in [2.05, 4.69) is 17.2 Å². The molecule has 5 heteroatoms. The van der Waals surface area contributed by atoms with Gasteiger partial charge in [-0.25, -0.2) is 4.68 Å². The molecule has 0 saturated carbocycles. The summed E-state index contributed by atoms with van der Waals surface area (Å²) in [6, 6.07) is 0. The summed E-state index contributed by atoms with van der Waals surface area (Å²) in [5.41, 5.74) is 2.53. The predicted octanol–water partition coefficient (Wildman–Crippen LogP) is 2.29. The van der Waals surface area contributed by atoms with Gasteiger partial charge in [-0.15, -0.1) is 5.10 Å². The molecule has 2 aromatic heterocycles. The van der Waals surface area contributed by atoms with Gasteiger partial charge in [0.15, 0.2) is 0 Å². The Morgan fingerprint density at radius 3 is 2.61 bits per heavy atom. The average molecular weight is 249 g/mol. The lowest BCUT2D eigenvalue weighted by Gasteiger charge is -2.12. The Morgan fingerprint density at radius 2 is 2.06 bits per heavy atom. The molecule has 0 bridgehead atoms. The zero-order chi connectivity index (χ0) is 13.3. The molecule has 0 aromatic carbocycles. The molecule has 2 aromatic rings. The van der Waals surface area contributed by atoms with Gasteiger partial charge < -0.3 is 9.52 Å². The van der Waals surface area contributed by atoms with Gasteiger partial charge in [0.05, 0.1) is 11.9 Å². The summed E-state index contributed by atoms with van der Waals surface area (Å²) < 4.78 is 7.30. The maximum atomic E-state index is 10.5. The van der Waals surface area contributed by atoms with Gasteiger partial charge in [0.1, 0.15) is 17.6 Å². The molecular weight excluding hydrogens is 230 g/mol. The van der Waals surface area contributed by atoms with E-state index in [1.165, 1.54) is 0 Å². The topological polar surface area (TPSA) is 64.1 Å². The van der Waals surface area contributed by atoms with Crippen LogP contribution in [0.15, 0.2) is 10.6 Å². The van der Waals surface area contributed by atoms with E-state index in [0.717, 1.165) is 35.6 Å². The lowest BCUT2D eigenvalue weighted by Crippen LogP contribution is -2.11. The summed E-state index contributed by atoms with van der Waals surface area (Å²) in [4.78, 5) is 0. The van der Waals surface area contributed by atoms with Gasteiger partial charge in [0.2, 0.25) is 0 Å². The van der Waals surface area contributed by atoms with Gasteiger partial charge in [-0.05, 0) is 32.8 Å². The molecule has 2 heterocycles. The van der Waals surface area contributed by atoms with Crippen molar-refractivity contribution in [2.45, 2.75) is 46.8 Å². The number of aliphatic hydroxyl groups excluding tert-OH is 1. The SMILES string of the molecule is CCCn1nncc1C(O)c1c(C)oc(C)c1C. The van der Waals surface area contributed by atoms with Crippen LogP contribution in [0.4, 0.5) is 0 Å². The molecule has 0 fully saturated rings. The van der Waals surface area contributed by atoms with Gasteiger partial charge in [0, 0.05) is 12.1 Å². The zero-order valence-electron chi connectivity index (χ0n) is 11.3. The largest absolute Gasteiger partial charge is 0.466 e. The minimum Gasteiger partial charge on any atom is -0.466 e. The molecule has 1 atom stereocenters. The summed E-state index contributed by atoms with van der Waals surface area (Å²) in [6.07, 6.45) is 1.83. The van der Waals surface area contributed by atoms with Gasteiger partial charge in [-0.3, -0.25) is 0 Å². The van der Waals surface area contributed by atoms with Gasteiger partial charge in [-0.2, -0.15) is 0 Å². The number of aliphatic hydroxyl groups is 1. The number of rotatable bonds is 4. The molecule has 98 valence electrons. The molecule has 0 aliphatic rings. The fourth-order valence-corrected chi connectivity index (χ4v) is 2.22. The van der Waals surface area contributed by atoms with E-state index in [4.69, 9.17) is 4.42 Å². The standard InChI is InChI=1S/C13H19N3O2/c1-5-6-16-11(7-14-15-16)13(17)12-8(2)9(3)18-10(12)4/h7,13,17H,5-6H2,1-4H3. The predicted molar refractivity (Wildman–Crippen MR) is 67.3 cm³/mol. The van der Waals surface area contributed by atoms with Crippen LogP contribution in [0, 0.1) is 20.8 Å². The Kier molecular flexibility index (Phi) is 3.52. The van der Waals surface area contributed by atoms with Crippen LogP contribution in [0.3, 0.4) is 0 Å². The third kappa shape index (κ3) is 2.06. The zero-order valence-corrected chi connectivity index (χ0v) is 11.3. The summed E-state index contributed by atoms with van der Waals surface area (Å²) in [5.74, 6) is 1.60. The van der Waals surface area contributed by atoms with Gasteiger partial charge in [0.25, 0.3) is 0 Å². The Hall–Kier alpha value is -1.62. The van der Waals surface area contributed by atoms with Crippen molar-refractivity contribution < 1.29 is 9.52 Å². The fraction of sp³-hybridized carbons (Fsp3) is 0.538. The van der Waals surface area contributed by atoms with Crippen molar-refractivity contribution >= 4 is 0 Å².